The number of rotatable bonds is 9. The molecular weight excluding hydrogens is 518 g/mol. The number of ether oxygens (including phenoxy) is 1. The van der Waals surface area contributed by atoms with Crippen LogP contribution in [0, 0.1) is 11.8 Å². The Morgan fingerprint density at radius 1 is 1.10 bits per heavy atom. The van der Waals surface area contributed by atoms with E-state index in [0.717, 1.165) is 76.3 Å². The van der Waals surface area contributed by atoms with Gasteiger partial charge in [0, 0.05) is 57.2 Å². The van der Waals surface area contributed by atoms with Crippen molar-refractivity contribution in [2.45, 2.75) is 77.3 Å². The summed E-state index contributed by atoms with van der Waals surface area (Å²) in [6.07, 6.45) is 7.81. The number of amides is 1. The van der Waals surface area contributed by atoms with Gasteiger partial charge in [-0.25, -0.2) is 4.98 Å². The molecular formula is C28H44ClN7O3. The first-order valence-electron chi connectivity index (χ1n) is 14.4. The standard InChI is InChI=1S/C28H43N7O3.ClH/c1-19(2)27-31-28(38-32-27)33-13-9-21(10-14-33)20(3)11-15-37-25-8-7-22(16-30-25)34-17-23(29)24(18-34)35-12-5-4-6-26(35)36;/h7-8,16,19-21,23-24H,4-6,9-15,17-18,29H2,1-3H3;1H/t20?,23-,24-;/m0./s1. The fraction of sp³-hybridized carbons (Fsp3) is 0.714. The number of halogens is 1. The molecule has 1 unspecified atom stereocenters. The molecule has 0 radical (unpaired) electrons. The zero-order chi connectivity index (χ0) is 26.6. The van der Waals surface area contributed by atoms with Gasteiger partial charge in [-0.15, -0.1) is 12.4 Å². The topological polar surface area (TPSA) is 114 Å². The van der Waals surface area contributed by atoms with E-state index in [1.165, 1.54) is 0 Å². The fourth-order valence-corrected chi connectivity index (χ4v) is 6.01. The molecule has 0 bridgehead atoms. The van der Waals surface area contributed by atoms with Gasteiger partial charge in [-0.3, -0.25) is 4.79 Å². The molecule has 2 aromatic rings. The van der Waals surface area contributed by atoms with E-state index < -0.39 is 0 Å². The minimum atomic E-state index is -0.0362. The molecule has 3 fully saturated rings. The number of aromatic nitrogens is 3. The Morgan fingerprint density at radius 2 is 1.90 bits per heavy atom. The van der Waals surface area contributed by atoms with Gasteiger partial charge in [0.25, 0.3) is 0 Å². The van der Waals surface area contributed by atoms with Crippen molar-refractivity contribution in [2.24, 2.45) is 17.6 Å². The first-order valence-corrected chi connectivity index (χ1v) is 14.4. The first kappa shape index (κ1) is 29.4. The lowest BCUT2D eigenvalue weighted by molar-refractivity contribution is -0.135. The van der Waals surface area contributed by atoms with Gasteiger partial charge in [0.2, 0.25) is 11.8 Å². The van der Waals surface area contributed by atoms with Crippen molar-refractivity contribution in [3.05, 3.63) is 24.2 Å². The molecule has 10 nitrogen and oxygen atoms in total. The van der Waals surface area contributed by atoms with Crippen LogP contribution >= 0.6 is 12.4 Å². The molecule has 0 saturated carbocycles. The molecule has 2 N–H and O–H groups in total. The fourth-order valence-electron chi connectivity index (χ4n) is 6.01. The molecule has 3 atom stereocenters. The Hall–Kier alpha value is -2.59. The van der Waals surface area contributed by atoms with E-state index in [0.29, 0.717) is 36.8 Å². The van der Waals surface area contributed by atoms with E-state index in [2.05, 4.69) is 51.8 Å². The van der Waals surface area contributed by atoms with Crippen molar-refractivity contribution < 1.29 is 14.1 Å². The number of anilines is 2. The van der Waals surface area contributed by atoms with Crippen LogP contribution in [-0.4, -0.2) is 77.3 Å². The number of hydrogen-bond donors (Lipinski definition) is 1. The van der Waals surface area contributed by atoms with Gasteiger partial charge in [0.05, 0.1) is 24.5 Å². The summed E-state index contributed by atoms with van der Waals surface area (Å²) >= 11 is 0. The van der Waals surface area contributed by atoms with E-state index in [-0.39, 0.29) is 36.3 Å². The number of carbonyl (C=O) groups excluding carboxylic acids is 1. The van der Waals surface area contributed by atoms with Crippen LogP contribution in [0.2, 0.25) is 0 Å². The van der Waals surface area contributed by atoms with Crippen LogP contribution in [0.15, 0.2) is 22.9 Å². The van der Waals surface area contributed by atoms with Gasteiger partial charge < -0.3 is 29.7 Å². The van der Waals surface area contributed by atoms with Crippen LogP contribution in [0.5, 0.6) is 5.88 Å². The highest BCUT2D eigenvalue weighted by molar-refractivity contribution is 5.85. The highest BCUT2D eigenvalue weighted by Crippen LogP contribution is 2.30. The maximum Gasteiger partial charge on any atom is 0.324 e. The van der Waals surface area contributed by atoms with Gasteiger partial charge in [0.15, 0.2) is 5.82 Å². The monoisotopic (exact) mass is 561 g/mol. The van der Waals surface area contributed by atoms with Crippen molar-refractivity contribution in [1.82, 2.24) is 20.0 Å². The minimum Gasteiger partial charge on any atom is -0.478 e. The van der Waals surface area contributed by atoms with Gasteiger partial charge in [-0.1, -0.05) is 25.9 Å². The molecule has 3 aliphatic rings. The predicted molar refractivity (Wildman–Crippen MR) is 154 cm³/mol. The second-order valence-corrected chi connectivity index (χ2v) is 11.6. The van der Waals surface area contributed by atoms with Crippen LogP contribution in [0.4, 0.5) is 11.7 Å². The number of pyridine rings is 1. The molecule has 0 aliphatic carbocycles. The third kappa shape index (κ3) is 6.95. The number of carbonyl (C=O) groups is 1. The van der Waals surface area contributed by atoms with Crippen molar-refractivity contribution >= 4 is 30.0 Å². The molecule has 11 heteroatoms. The number of hydrogen-bond acceptors (Lipinski definition) is 9. The van der Waals surface area contributed by atoms with E-state index in [1.807, 2.05) is 17.2 Å². The normalized spacial score (nSPS) is 23.3. The van der Waals surface area contributed by atoms with Gasteiger partial charge in [-0.05, 0) is 50.0 Å². The van der Waals surface area contributed by atoms with Crippen LogP contribution in [0.1, 0.15) is 71.0 Å². The van der Waals surface area contributed by atoms with Crippen molar-refractivity contribution in [2.75, 3.05) is 49.1 Å². The van der Waals surface area contributed by atoms with Gasteiger partial charge in [-0.2, -0.15) is 4.98 Å². The Balaban J connectivity index is 0.00000353. The Morgan fingerprint density at radius 3 is 2.56 bits per heavy atom. The quantitative estimate of drug-likeness (QED) is 0.487. The summed E-state index contributed by atoms with van der Waals surface area (Å²) < 4.78 is 11.5. The second-order valence-electron chi connectivity index (χ2n) is 11.6. The summed E-state index contributed by atoms with van der Waals surface area (Å²) in [5.74, 6) is 3.18. The maximum atomic E-state index is 12.4. The molecule has 216 valence electrons. The van der Waals surface area contributed by atoms with Gasteiger partial charge >= 0.3 is 6.01 Å². The lowest BCUT2D eigenvalue weighted by Gasteiger charge is -2.34. The zero-order valence-electron chi connectivity index (χ0n) is 23.5. The summed E-state index contributed by atoms with van der Waals surface area (Å²) in [7, 11) is 0. The van der Waals surface area contributed by atoms with E-state index in [1.54, 1.807) is 0 Å². The number of piperidine rings is 2. The van der Waals surface area contributed by atoms with E-state index >= 15 is 0 Å². The Labute approximate surface area is 238 Å². The summed E-state index contributed by atoms with van der Waals surface area (Å²) in [5.41, 5.74) is 7.47. The van der Waals surface area contributed by atoms with Gasteiger partial charge in [0.1, 0.15) is 0 Å². The lowest BCUT2D eigenvalue weighted by Crippen LogP contribution is -2.51. The highest BCUT2D eigenvalue weighted by atomic mass is 35.5. The Bertz CT molecular complexity index is 1060. The average molecular weight is 562 g/mol. The summed E-state index contributed by atoms with van der Waals surface area (Å²) in [4.78, 5) is 27.9. The molecule has 2 aromatic heterocycles. The number of nitrogens with zero attached hydrogens (tertiary/aromatic N) is 6. The molecule has 0 spiro atoms. The molecule has 3 aliphatic heterocycles. The van der Waals surface area contributed by atoms with Crippen LogP contribution in [-0.2, 0) is 4.79 Å². The summed E-state index contributed by atoms with van der Waals surface area (Å²) in [6.45, 7) is 11.4. The van der Waals surface area contributed by atoms with E-state index in [4.69, 9.17) is 15.0 Å². The molecule has 0 aromatic carbocycles. The second kappa shape index (κ2) is 13.2. The smallest absolute Gasteiger partial charge is 0.324 e. The van der Waals surface area contributed by atoms with Crippen molar-refractivity contribution in [3.63, 3.8) is 0 Å². The number of likely N-dealkylation sites (tertiary alicyclic amines) is 1. The third-order valence-electron chi connectivity index (χ3n) is 8.56. The molecule has 39 heavy (non-hydrogen) atoms. The highest BCUT2D eigenvalue weighted by Gasteiger charge is 2.37. The molecule has 1 amide bonds. The minimum absolute atomic E-state index is 0. The molecule has 3 saturated heterocycles. The third-order valence-corrected chi connectivity index (χ3v) is 8.56. The first-order chi connectivity index (χ1) is 18.4. The average Bonchev–Trinajstić information content (AvgIpc) is 3.57. The molecule has 5 rings (SSSR count). The lowest BCUT2D eigenvalue weighted by atomic mass is 9.84. The van der Waals surface area contributed by atoms with Crippen LogP contribution in [0.25, 0.3) is 0 Å². The van der Waals surface area contributed by atoms with Crippen LogP contribution in [0.3, 0.4) is 0 Å². The predicted octanol–water partition coefficient (Wildman–Crippen LogP) is 3.86. The van der Waals surface area contributed by atoms with E-state index in [9.17, 15) is 4.79 Å². The summed E-state index contributed by atoms with van der Waals surface area (Å²) in [5, 5.41) is 4.10. The Kier molecular flexibility index (Phi) is 9.93. The number of nitrogens with two attached hydrogens (primary N) is 1. The maximum absolute atomic E-state index is 12.4. The van der Waals surface area contributed by atoms with Crippen molar-refractivity contribution in [1.29, 1.82) is 0 Å². The zero-order valence-corrected chi connectivity index (χ0v) is 24.3. The van der Waals surface area contributed by atoms with Crippen molar-refractivity contribution in [3.8, 4) is 5.88 Å². The SMILES string of the molecule is CC(C)c1noc(N2CCC(C(C)CCOc3ccc(N4C[C@H](N)[C@@H](N5CCCCC5=O)C4)cn3)CC2)n1.Cl. The summed E-state index contributed by atoms with van der Waals surface area (Å²) in [6, 6.07) is 4.70. The molecule has 5 heterocycles. The van der Waals surface area contributed by atoms with Crippen LogP contribution < -0.4 is 20.3 Å². The largest absolute Gasteiger partial charge is 0.478 e.